The molecule has 1 heterocycles. The maximum atomic E-state index is 13.8. The smallest absolute Gasteiger partial charge is 0.306 e. The number of benzene rings is 1. The SMILES string of the molecule is CCC1(C)C(=O)NC(=O)N1Cc1c(F)cccc1Cl. The van der Waals surface area contributed by atoms with Crippen molar-refractivity contribution in [3.8, 4) is 0 Å². The summed E-state index contributed by atoms with van der Waals surface area (Å²) in [6.07, 6.45) is 0.441. The highest BCUT2D eigenvalue weighted by Gasteiger charge is 2.48. The molecule has 102 valence electrons. The molecule has 1 unspecified atom stereocenters. The summed E-state index contributed by atoms with van der Waals surface area (Å²) in [7, 11) is 0. The summed E-state index contributed by atoms with van der Waals surface area (Å²) in [5, 5.41) is 2.49. The first-order valence-corrected chi connectivity index (χ1v) is 6.34. The van der Waals surface area contributed by atoms with Crippen molar-refractivity contribution in [2.75, 3.05) is 0 Å². The lowest BCUT2D eigenvalue weighted by Gasteiger charge is -2.31. The van der Waals surface area contributed by atoms with Gasteiger partial charge in [0.15, 0.2) is 0 Å². The van der Waals surface area contributed by atoms with Crippen molar-refractivity contribution in [1.29, 1.82) is 0 Å². The van der Waals surface area contributed by atoms with Crippen LogP contribution in [0.2, 0.25) is 5.02 Å². The van der Waals surface area contributed by atoms with Gasteiger partial charge in [-0.15, -0.1) is 0 Å². The predicted molar refractivity (Wildman–Crippen MR) is 69.2 cm³/mol. The number of nitrogens with one attached hydrogen (secondary N) is 1. The third-order valence-corrected chi connectivity index (χ3v) is 3.97. The molecular formula is C13H14ClFN2O2. The van der Waals surface area contributed by atoms with E-state index in [0.29, 0.717) is 6.42 Å². The molecule has 0 aromatic heterocycles. The van der Waals surface area contributed by atoms with E-state index in [4.69, 9.17) is 11.6 Å². The molecule has 1 aromatic carbocycles. The summed E-state index contributed by atoms with van der Waals surface area (Å²) >= 11 is 5.95. The normalized spacial score (nSPS) is 22.8. The van der Waals surface area contributed by atoms with Crippen LogP contribution in [0.15, 0.2) is 18.2 Å². The van der Waals surface area contributed by atoms with Crippen LogP contribution >= 0.6 is 11.6 Å². The van der Waals surface area contributed by atoms with E-state index in [9.17, 15) is 14.0 Å². The molecule has 1 atom stereocenters. The number of carbonyl (C=O) groups is 2. The molecule has 1 saturated heterocycles. The van der Waals surface area contributed by atoms with Gasteiger partial charge in [0.1, 0.15) is 11.4 Å². The van der Waals surface area contributed by atoms with Crippen molar-refractivity contribution < 1.29 is 14.0 Å². The van der Waals surface area contributed by atoms with Crippen LogP contribution in [0.25, 0.3) is 0 Å². The van der Waals surface area contributed by atoms with Crippen LogP contribution in [0.3, 0.4) is 0 Å². The average Bonchev–Trinajstić information content (AvgIpc) is 2.57. The average molecular weight is 285 g/mol. The Balaban J connectivity index is 2.37. The van der Waals surface area contributed by atoms with E-state index in [-0.39, 0.29) is 23.0 Å². The van der Waals surface area contributed by atoms with E-state index in [2.05, 4.69) is 5.32 Å². The molecule has 4 nitrogen and oxygen atoms in total. The fourth-order valence-corrected chi connectivity index (χ4v) is 2.31. The molecule has 19 heavy (non-hydrogen) atoms. The summed E-state index contributed by atoms with van der Waals surface area (Å²) < 4.78 is 13.8. The first-order chi connectivity index (χ1) is 8.90. The molecule has 3 amide bonds. The summed E-state index contributed by atoms with van der Waals surface area (Å²) in [5.74, 6) is -0.856. The Labute approximate surface area is 115 Å². The van der Waals surface area contributed by atoms with Crippen LogP contribution in [0.5, 0.6) is 0 Å². The topological polar surface area (TPSA) is 49.4 Å². The molecule has 2 rings (SSSR count). The zero-order valence-electron chi connectivity index (χ0n) is 10.7. The highest BCUT2D eigenvalue weighted by Crippen LogP contribution is 2.30. The van der Waals surface area contributed by atoms with Gasteiger partial charge in [-0.1, -0.05) is 24.6 Å². The third-order valence-electron chi connectivity index (χ3n) is 3.62. The second-order valence-electron chi connectivity index (χ2n) is 4.67. The fraction of sp³-hybridized carbons (Fsp3) is 0.385. The van der Waals surface area contributed by atoms with Gasteiger partial charge in [0.05, 0.1) is 6.54 Å². The van der Waals surface area contributed by atoms with Crippen LogP contribution in [0.1, 0.15) is 25.8 Å². The van der Waals surface area contributed by atoms with E-state index in [1.165, 1.54) is 17.0 Å². The van der Waals surface area contributed by atoms with E-state index in [0.717, 1.165) is 0 Å². The van der Waals surface area contributed by atoms with Crippen molar-refractivity contribution in [2.24, 2.45) is 0 Å². The highest BCUT2D eigenvalue weighted by atomic mass is 35.5. The highest BCUT2D eigenvalue weighted by molar-refractivity contribution is 6.31. The molecule has 0 spiro atoms. The Kier molecular flexibility index (Phi) is 3.49. The molecular weight excluding hydrogens is 271 g/mol. The Hall–Kier alpha value is -1.62. The number of hydrogen-bond acceptors (Lipinski definition) is 2. The number of hydrogen-bond donors (Lipinski definition) is 1. The second kappa shape index (κ2) is 4.81. The minimum absolute atomic E-state index is 0.0343. The number of imide groups is 1. The van der Waals surface area contributed by atoms with Gasteiger partial charge in [0.25, 0.3) is 5.91 Å². The van der Waals surface area contributed by atoms with E-state index < -0.39 is 17.4 Å². The van der Waals surface area contributed by atoms with Gasteiger partial charge < -0.3 is 4.90 Å². The van der Waals surface area contributed by atoms with Gasteiger partial charge >= 0.3 is 6.03 Å². The van der Waals surface area contributed by atoms with E-state index in [1.54, 1.807) is 19.9 Å². The third kappa shape index (κ3) is 2.18. The zero-order chi connectivity index (χ0) is 14.2. The van der Waals surface area contributed by atoms with Crippen molar-refractivity contribution in [1.82, 2.24) is 10.2 Å². The van der Waals surface area contributed by atoms with Gasteiger partial charge in [-0.25, -0.2) is 9.18 Å². The maximum Gasteiger partial charge on any atom is 0.325 e. The van der Waals surface area contributed by atoms with Crippen LogP contribution in [0, 0.1) is 5.82 Å². The Morgan fingerprint density at radius 3 is 2.68 bits per heavy atom. The Morgan fingerprint density at radius 1 is 1.42 bits per heavy atom. The molecule has 1 aromatic rings. The lowest BCUT2D eigenvalue weighted by molar-refractivity contribution is -0.126. The van der Waals surface area contributed by atoms with Gasteiger partial charge in [-0.2, -0.15) is 0 Å². The molecule has 6 heteroatoms. The first-order valence-electron chi connectivity index (χ1n) is 5.96. The van der Waals surface area contributed by atoms with Crippen molar-refractivity contribution in [2.45, 2.75) is 32.4 Å². The summed E-state index contributed by atoms with van der Waals surface area (Å²) in [6, 6.07) is 3.81. The minimum Gasteiger partial charge on any atom is -0.306 e. The molecule has 0 saturated carbocycles. The van der Waals surface area contributed by atoms with Crippen LogP contribution in [0.4, 0.5) is 9.18 Å². The standard InChI is InChI=1S/C13H14ClFN2O2/c1-3-13(2)11(18)16-12(19)17(13)7-8-9(14)5-4-6-10(8)15/h4-6H,3,7H2,1-2H3,(H,16,18,19). The molecule has 1 aliphatic heterocycles. The lowest BCUT2D eigenvalue weighted by atomic mass is 9.97. The number of halogens is 2. The van der Waals surface area contributed by atoms with Gasteiger partial charge in [-0.05, 0) is 25.5 Å². The minimum atomic E-state index is -0.970. The number of rotatable bonds is 3. The van der Waals surface area contributed by atoms with Gasteiger partial charge in [-0.3, -0.25) is 10.1 Å². The molecule has 0 radical (unpaired) electrons. The monoisotopic (exact) mass is 284 g/mol. The number of nitrogens with zero attached hydrogens (tertiary/aromatic N) is 1. The second-order valence-corrected chi connectivity index (χ2v) is 5.08. The fourth-order valence-electron chi connectivity index (χ4n) is 2.09. The molecule has 1 aliphatic rings. The maximum absolute atomic E-state index is 13.8. The van der Waals surface area contributed by atoms with Crippen LogP contribution in [-0.2, 0) is 11.3 Å². The lowest BCUT2D eigenvalue weighted by Crippen LogP contribution is -2.46. The van der Waals surface area contributed by atoms with Crippen LogP contribution in [-0.4, -0.2) is 22.4 Å². The van der Waals surface area contributed by atoms with E-state index in [1.807, 2.05) is 0 Å². The molecule has 0 bridgehead atoms. The number of amides is 3. The summed E-state index contributed by atoms with van der Waals surface area (Å²) in [6.45, 7) is 3.42. The molecule has 1 fully saturated rings. The van der Waals surface area contributed by atoms with Gasteiger partial charge in [0, 0.05) is 10.6 Å². The largest absolute Gasteiger partial charge is 0.325 e. The number of carbonyl (C=O) groups excluding carboxylic acids is 2. The molecule has 1 N–H and O–H groups in total. The molecule has 0 aliphatic carbocycles. The van der Waals surface area contributed by atoms with Crippen LogP contribution < -0.4 is 5.32 Å². The van der Waals surface area contributed by atoms with Crippen molar-refractivity contribution in [3.63, 3.8) is 0 Å². The quantitative estimate of drug-likeness (QED) is 0.868. The summed E-state index contributed by atoms with van der Waals surface area (Å²) in [4.78, 5) is 24.9. The predicted octanol–water partition coefficient (Wildman–Crippen LogP) is 2.70. The van der Waals surface area contributed by atoms with E-state index >= 15 is 0 Å². The van der Waals surface area contributed by atoms with Gasteiger partial charge in [0.2, 0.25) is 0 Å². The zero-order valence-corrected chi connectivity index (χ0v) is 11.4. The Bertz CT molecular complexity index is 529. The Morgan fingerprint density at radius 2 is 2.11 bits per heavy atom. The van der Waals surface area contributed by atoms with Crippen molar-refractivity contribution in [3.05, 3.63) is 34.6 Å². The first kappa shape index (κ1) is 13.8. The van der Waals surface area contributed by atoms with Crippen molar-refractivity contribution >= 4 is 23.5 Å². The number of urea groups is 1. The summed E-state index contributed by atoms with van der Waals surface area (Å²) in [5.41, 5.74) is -0.753.